The molecule has 0 saturated carbocycles. The minimum Gasteiger partial charge on any atom is -0.744 e. The van der Waals surface area contributed by atoms with Gasteiger partial charge in [0.25, 0.3) is 0 Å². The van der Waals surface area contributed by atoms with Crippen molar-refractivity contribution in [2.24, 2.45) is 0 Å². The van der Waals surface area contributed by atoms with Crippen LogP contribution < -0.4 is 0 Å². The van der Waals surface area contributed by atoms with Gasteiger partial charge in [-0.05, 0) is 98.8 Å². The van der Waals surface area contributed by atoms with Crippen molar-refractivity contribution in [2.75, 3.05) is 0 Å². The smallest absolute Gasteiger partial charge is 0.166 e. The summed E-state index contributed by atoms with van der Waals surface area (Å²) < 4.78 is 33.4. The first kappa shape index (κ1) is 37.1. The molecule has 0 atom stereocenters. The van der Waals surface area contributed by atoms with Crippen LogP contribution in [0.4, 0.5) is 0 Å². The molecule has 0 amide bonds. The summed E-state index contributed by atoms with van der Waals surface area (Å²) in [7, 11) is -4.39. The molecule has 0 spiro atoms. The van der Waals surface area contributed by atoms with E-state index >= 15 is 0 Å². The molecule has 0 N–H and O–H groups in total. The Morgan fingerprint density at radius 1 is 0.450 bits per heavy atom. The Labute approximate surface area is 247 Å². The summed E-state index contributed by atoms with van der Waals surface area (Å²) in [6.07, 6.45) is 0. The first-order valence-electron chi connectivity index (χ1n) is 14.0. The maximum absolute atomic E-state index is 11.1. The Morgan fingerprint density at radius 3 is 0.900 bits per heavy atom. The third-order valence-electron chi connectivity index (χ3n) is 6.12. The molecule has 3 nitrogen and oxygen atoms in total. The summed E-state index contributed by atoms with van der Waals surface area (Å²) in [4.78, 5) is 4.03. The highest BCUT2D eigenvalue weighted by molar-refractivity contribution is 7.97. The molecule has 0 aliphatic rings. The van der Waals surface area contributed by atoms with E-state index in [-0.39, 0.29) is 15.8 Å². The predicted octanol–water partition coefficient (Wildman–Crippen LogP) is 9.99. The largest absolute Gasteiger partial charge is 0.744 e. The van der Waals surface area contributed by atoms with Gasteiger partial charge >= 0.3 is 0 Å². The maximum atomic E-state index is 11.1. The molecule has 0 aliphatic carbocycles. The minimum absolute atomic E-state index is 0.0146. The molecule has 0 unspecified atom stereocenters. The summed E-state index contributed by atoms with van der Waals surface area (Å²) in [6.45, 7) is 21.0. The second kappa shape index (κ2) is 19.3. The molecule has 0 aromatic heterocycles. The molecule has 5 heteroatoms. The standard InChI is InChI=1S/C18H15S.C11H16O3S.3C2H6/c1-4-10-16(11-5-1)19(17-12-6-2-7-13-17)18-14-8-3-9-15-18;1-6-7(2)9(4)11(15(12,13)14)10(5)8(6)3;3*1-2/h1-15H;1-5H3,(H,12,13,14);3*1-2H3/q+1;;;;/p-1. The van der Waals surface area contributed by atoms with E-state index in [9.17, 15) is 13.0 Å². The monoisotopic (exact) mass is 580 g/mol. The summed E-state index contributed by atoms with van der Waals surface area (Å²) >= 11 is 0. The zero-order chi connectivity index (χ0) is 30.9. The number of hydrogen-bond acceptors (Lipinski definition) is 3. The van der Waals surface area contributed by atoms with Gasteiger partial charge in [-0.3, -0.25) is 0 Å². The molecule has 0 bridgehead atoms. The van der Waals surface area contributed by atoms with E-state index in [1.807, 2.05) is 62.3 Å². The molecule has 0 saturated heterocycles. The number of hydrogen-bond donors (Lipinski definition) is 0. The zero-order valence-corrected chi connectivity index (χ0v) is 27.8. The molecular weight excluding hydrogens is 533 g/mol. The van der Waals surface area contributed by atoms with E-state index in [0.29, 0.717) is 11.1 Å². The lowest BCUT2D eigenvalue weighted by Gasteiger charge is -2.20. The van der Waals surface area contributed by atoms with Gasteiger partial charge in [-0.25, -0.2) is 8.42 Å². The van der Waals surface area contributed by atoms with Crippen LogP contribution in [0.1, 0.15) is 69.4 Å². The lowest BCUT2D eigenvalue weighted by molar-refractivity contribution is 0.461. The van der Waals surface area contributed by atoms with E-state index in [0.717, 1.165) is 16.7 Å². The fourth-order valence-corrected chi connectivity index (χ4v) is 7.08. The molecule has 40 heavy (non-hydrogen) atoms. The molecule has 4 aromatic carbocycles. The van der Waals surface area contributed by atoms with Crippen LogP contribution in [0.2, 0.25) is 0 Å². The van der Waals surface area contributed by atoms with Gasteiger partial charge in [-0.2, -0.15) is 0 Å². The third-order valence-corrected chi connectivity index (χ3v) is 9.46. The van der Waals surface area contributed by atoms with Gasteiger partial charge in [-0.15, -0.1) is 0 Å². The van der Waals surface area contributed by atoms with E-state index in [1.54, 1.807) is 13.8 Å². The van der Waals surface area contributed by atoms with Crippen molar-refractivity contribution in [2.45, 2.75) is 95.7 Å². The summed E-state index contributed by atoms with van der Waals surface area (Å²) in [6, 6.07) is 32.2. The number of rotatable bonds is 4. The zero-order valence-electron chi connectivity index (χ0n) is 26.2. The minimum atomic E-state index is -4.38. The molecule has 0 aliphatic heterocycles. The van der Waals surface area contributed by atoms with Gasteiger partial charge in [0, 0.05) is 0 Å². The first-order valence-corrected chi connectivity index (χ1v) is 16.7. The summed E-state index contributed by atoms with van der Waals surface area (Å²) in [5, 5.41) is 0. The van der Waals surface area contributed by atoms with Crippen LogP contribution in [0.3, 0.4) is 0 Å². The first-order chi connectivity index (χ1) is 19.1. The average Bonchev–Trinajstić information content (AvgIpc) is 3.00. The van der Waals surface area contributed by atoms with Crippen molar-refractivity contribution in [3.8, 4) is 0 Å². The van der Waals surface area contributed by atoms with Gasteiger partial charge in [0.2, 0.25) is 0 Å². The highest BCUT2D eigenvalue weighted by atomic mass is 32.2. The fraction of sp³-hybridized carbons (Fsp3) is 0.314. The van der Waals surface area contributed by atoms with Crippen molar-refractivity contribution in [1.29, 1.82) is 0 Å². The Hall–Kier alpha value is -2.86. The van der Waals surface area contributed by atoms with E-state index in [2.05, 4.69) is 91.0 Å². The van der Waals surface area contributed by atoms with Crippen molar-refractivity contribution in [3.63, 3.8) is 0 Å². The van der Waals surface area contributed by atoms with Crippen LogP contribution in [0, 0.1) is 34.6 Å². The Morgan fingerprint density at radius 2 is 0.675 bits per heavy atom. The van der Waals surface area contributed by atoms with Gasteiger partial charge < -0.3 is 4.55 Å². The van der Waals surface area contributed by atoms with E-state index in [4.69, 9.17) is 0 Å². The topological polar surface area (TPSA) is 57.2 Å². The van der Waals surface area contributed by atoms with Gasteiger partial charge in [0.1, 0.15) is 10.1 Å². The normalized spacial score (nSPS) is 9.93. The predicted molar refractivity (Wildman–Crippen MR) is 174 cm³/mol. The van der Waals surface area contributed by atoms with E-state index < -0.39 is 10.1 Å². The summed E-state index contributed by atoms with van der Waals surface area (Å²) in [5.74, 6) is 0. The molecule has 0 heterocycles. The quantitative estimate of drug-likeness (QED) is 0.178. The molecule has 218 valence electrons. The highest BCUT2D eigenvalue weighted by Crippen LogP contribution is 2.31. The number of benzene rings is 4. The van der Waals surface area contributed by atoms with Gasteiger partial charge in [-0.1, -0.05) is 96.1 Å². The highest BCUT2D eigenvalue weighted by Gasteiger charge is 2.27. The average molecular weight is 581 g/mol. The molecule has 4 aromatic rings. The lowest BCUT2D eigenvalue weighted by atomic mass is 9.95. The van der Waals surface area contributed by atoms with E-state index in [1.165, 1.54) is 14.7 Å². The molecular formula is C35H48O3S2. The lowest BCUT2D eigenvalue weighted by Crippen LogP contribution is -2.08. The Bertz CT molecular complexity index is 1230. The van der Waals surface area contributed by atoms with Crippen molar-refractivity contribution in [1.82, 2.24) is 0 Å². The van der Waals surface area contributed by atoms with Gasteiger partial charge in [0.15, 0.2) is 14.7 Å². The Kier molecular flexibility index (Phi) is 17.9. The Balaban J connectivity index is 0.000000655. The van der Waals surface area contributed by atoms with Crippen LogP contribution in [0.15, 0.2) is 111 Å². The third kappa shape index (κ3) is 10.3. The summed E-state index contributed by atoms with van der Waals surface area (Å²) in [5.41, 5.74) is 3.97. The SMILES string of the molecule is CC.CC.CC.Cc1c(C)c(C)c(S(=O)(=O)[O-])c(C)c1C.c1ccc([S+](c2ccccc2)c2ccccc2)cc1. The van der Waals surface area contributed by atoms with Crippen LogP contribution in [-0.4, -0.2) is 13.0 Å². The fourth-order valence-electron chi connectivity index (χ4n) is 3.92. The van der Waals surface area contributed by atoms with Crippen molar-refractivity contribution >= 4 is 21.0 Å². The molecule has 0 radical (unpaired) electrons. The van der Waals surface area contributed by atoms with Crippen LogP contribution in [0.5, 0.6) is 0 Å². The second-order valence-electron chi connectivity index (χ2n) is 8.15. The molecule has 4 rings (SSSR count). The van der Waals surface area contributed by atoms with Crippen molar-refractivity contribution < 1.29 is 13.0 Å². The van der Waals surface area contributed by atoms with Crippen LogP contribution in [0.25, 0.3) is 0 Å². The van der Waals surface area contributed by atoms with Crippen molar-refractivity contribution in [3.05, 3.63) is 119 Å². The van der Waals surface area contributed by atoms with Crippen LogP contribution >= 0.6 is 0 Å². The van der Waals surface area contributed by atoms with Crippen LogP contribution in [-0.2, 0) is 21.0 Å². The van der Waals surface area contributed by atoms with Gasteiger partial charge in [0.05, 0.1) is 15.8 Å². The molecule has 0 fully saturated rings. The second-order valence-corrected chi connectivity index (χ2v) is 11.5. The maximum Gasteiger partial charge on any atom is 0.166 e.